The average molecular weight is 486 g/mol. The van der Waals surface area contributed by atoms with Gasteiger partial charge in [0.05, 0.1) is 18.5 Å². The van der Waals surface area contributed by atoms with Crippen LogP contribution in [-0.4, -0.2) is 61.6 Å². The third kappa shape index (κ3) is 7.35. The minimum Gasteiger partial charge on any atom is -0.383 e. The van der Waals surface area contributed by atoms with E-state index in [1.165, 1.54) is 6.20 Å². The number of halogens is 1. The molecule has 0 radical (unpaired) electrons. The lowest BCUT2D eigenvalue weighted by Gasteiger charge is -2.33. The third-order valence-corrected chi connectivity index (χ3v) is 7.34. The van der Waals surface area contributed by atoms with Crippen molar-refractivity contribution in [1.82, 2.24) is 15.3 Å². The minimum atomic E-state index is -0.342. The highest BCUT2D eigenvalue weighted by molar-refractivity contribution is 5.69. The zero-order chi connectivity index (χ0) is 24.7. The fraction of sp³-hybridized carbons (Fsp3) is 0.630. The molecule has 0 bridgehead atoms. The summed E-state index contributed by atoms with van der Waals surface area (Å²) in [5.41, 5.74) is 2.35. The molecular weight excluding hydrogens is 445 g/mol. The monoisotopic (exact) mass is 485 g/mol. The Labute approximate surface area is 208 Å². The van der Waals surface area contributed by atoms with E-state index in [0.29, 0.717) is 29.5 Å². The van der Waals surface area contributed by atoms with Crippen LogP contribution in [0.25, 0.3) is 11.1 Å². The number of pyridine rings is 2. The molecule has 2 fully saturated rings. The molecule has 1 aliphatic carbocycles. The molecular formula is C27H40FN5O2. The summed E-state index contributed by atoms with van der Waals surface area (Å²) in [5, 5.41) is 10.7. The van der Waals surface area contributed by atoms with E-state index in [2.05, 4.69) is 39.8 Å². The van der Waals surface area contributed by atoms with Crippen LogP contribution in [0.1, 0.15) is 52.4 Å². The summed E-state index contributed by atoms with van der Waals surface area (Å²) >= 11 is 0. The molecule has 1 atom stereocenters. The second-order valence-electron chi connectivity index (χ2n) is 10.5. The molecule has 0 unspecified atom stereocenters. The SMILES string of the molecule is COC[C@H](C)NC1CCC(Nc2cc(-c3cncc(NCC4(C)CCOCC4)c3)c(F)cn2)CC1. The lowest BCUT2D eigenvalue weighted by Crippen LogP contribution is -2.42. The highest BCUT2D eigenvalue weighted by Crippen LogP contribution is 2.31. The molecule has 2 aliphatic rings. The van der Waals surface area contributed by atoms with Crippen molar-refractivity contribution >= 4 is 11.5 Å². The maximum atomic E-state index is 14.8. The summed E-state index contributed by atoms with van der Waals surface area (Å²) in [4.78, 5) is 8.68. The molecule has 0 spiro atoms. The Kier molecular flexibility index (Phi) is 8.92. The molecule has 192 valence electrons. The van der Waals surface area contributed by atoms with Gasteiger partial charge in [-0.3, -0.25) is 4.98 Å². The number of nitrogens with zero attached hydrogens (tertiary/aromatic N) is 2. The van der Waals surface area contributed by atoms with Crippen LogP contribution in [0.4, 0.5) is 15.9 Å². The van der Waals surface area contributed by atoms with Crippen LogP contribution in [0.15, 0.2) is 30.7 Å². The number of nitrogens with one attached hydrogen (secondary N) is 3. The highest BCUT2D eigenvalue weighted by Gasteiger charge is 2.27. The van der Waals surface area contributed by atoms with Gasteiger partial charge in [0.1, 0.15) is 11.6 Å². The average Bonchev–Trinajstić information content (AvgIpc) is 2.86. The van der Waals surface area contributed by atoms with Crippen LogP contribution in [0, 0.1) is 11.2 Å². The van der Waals surface area contributed by atoms with Gasteiger partial charge >= 0.3 is 0 Å². The zero-order valence-corrected chi connectivity index (χ0v) is 21.3. The van der Waals surface area contributed by atoms with Crippen molar-refractivity contribution in [2.75, 3.05) is 44.1 Å². The van der Waals surface area contributed by atoms with Crippen molar-refractivity contribution in [3.05, 3.63) is 36.5 Å². The van der Waals surface area contributed by atoms with E-state index in [0.717, 1.165) is 76.1 Å². The second kappa shape index (κ2) is 12.1. The standard InChI is InChI=1S/C27H40FN5O2/c1-19(17-34-3)32-21-4-6-22(7-5-21)33-26-13-24(25(28)16-30-26)20-12-23(15-29-14-20)31-18-27(2)8-10-35-11-9-27/h12-16,19,21-22,31-32H,4-11,17-18H2,1-3H3,(H,30,33)/t19-,21?,22?/m0/s1. The zero-order valence-electron chi connectivity index (χ0n) is 21.3. The molecule has 1 saturated heterocycles. The first-order valence-electron chi connectivity index (χ1n) is 12.9. The fourth-order valence-electron chi connectivity index (χ4n) is 5.09. The topological polar surface area (TPSA) is 80.3 Å². The van der Waals surface area contributed by atoms with E-state index in [4.69, 9.17) is 9.47 Å². The Balaban J connectivity index is 1.36. The van der Waals surface area contributed by atoms with Gasteiger partial charge < -0.3 is 25.4 Å². The van der Waals surface area contributed by atoms with Gasteiger partial charge in [0.25, 0.3) is 0 Å². The van der Waals surface area contributed by atoms with E-state index in [1.807, 2.05) is 6.07 Å². The first-order valence-corrected chi connectivity index (χ1v) is 12.9. The number of aromatic nitrogens is 2. The molecule has 1 aliphatic heterocycles. The van der Waals surface area contributed by atoms with Crippen molar-refractivity contribution in [3.8, 4) is 11.1 Å². The summed E-state index contributed by atoms with van der Waals surface area (Å²) in [6.45, 7) is 7.61. The summed E-state index contributed by atoms with van der Waals surface area (Å²) in [6, 6.07) is 4.98. The number of hydrogen-bond donors (Lipinski definition) is 3. The fourth-order valence-corrected chi connectivity index (χ4v) is 5.09. The van der Waals surface area contributed by atoms with Crippen LogP contribution in [0.2, 0.25) is 0 Å². The molecule has 1 saturated carbocycles. The molecule has 0 amide bonds. The Bertz CT molecular complexity index is 945. The molecule has 2 aromatic rings. The molecule has 8 heteroatoms. The Morgan fingerprint density at radius 1 is 1.11 bits per heavy atom. The smallest absolute Gasteiger partial charge is 0.149 e. The quantitative estimate of drug-likeness (QED) is 0.443. The van der Waals surface area contributed by atoms with Gasteiger partial charge in [0.2, 0.25) is 0 Å². The molecule has 3 heterocycles. The Morgan fingerprint density at radius 2 is 1.86 bits per heavy atom. The second-order valence-corrected chi connectivity index (χ2v) is 10.5. The molecule has 7 nitrogen and oxygen atoms in total. The van der Waals surface area contributed by atoms with Gasteiger partial charge in [0, 0.05) is 68.5 Å². The first-order chi connectivity index (χ1) is 16.9. The van der Waals surface area contributed by atoms with Crippen LogP contribution in [0.3, 0.4) is 0 Å². The van der Waals surface area contributed by atoms with Gasteiger partial charge in [-0.05, 0) is 63.0 Å². The number of hydrogen-bond acceptors (Lipinski definition) is 7. The molecule has 4 rings (SSSR count). The van der Waals surface area contributed by atoms with Crippen molar-refractivity contribution in [1.29, 1.82) is 0 Å². The van der Waals surface area contributed by atoms with Crippen LogP contribution >= 0.6 is 0 Å². The maximum absolute atomic E-state index is 14.8. The summed E-state index contributed by atoms with van der Waals surface area (Å²) < 4.78 is 25.5. The third-order valence-electron chi connectivity index (χ3n) is 7.34. The van der Waals surface area contributed by atoms with Crippen molar-refractivity contribution < 1.29 is 13.9 Å². The summed E-state index contributed by atoms with van der Waals surface area (Å²) in [6.07, 6.45) is 11.2. The van der Waals surface area contributed by atoms with Crippen molar-refractivity contribution in [3.63, 3.8) is 0 Å². The normalized spacial score (nSPS) is 23.0. The van der Waals surface area contributed by atoms with E-state index in [-0.39, 0.29) is 11.2 Å². The van der Waals surface area contributed by atoms with Crippen molar-refractivity contribution in [2.24, 2.45) is 5.41 Å². The van der Waals surface area contributed by atoms with E-state index in [1.54, 1.807) is 25.6 Å². The highest BCUT2D eigenvalue weighted by atomic mass is 19.1. The number of rotatable bonds is 10. The predicted molar refractivity (Wildman–Crippen MR) is 138 cm³/mol. The van der Waals surface area contributed by atoms with Gasteiger partial charge in [0.15, 0.2) is 0 Å². The van der Waals surface area contributed by atoms with Crippen LogP contribution < -0.4 is 16.0 Å². The summed E-state index contributed by atoms with van der Waals surface area (Å²) in [5.74, 6) is 0.365. The van der Waals surface area contributed by atoms with Gasteiger partial charge in [-0.15, -0.1) is 0 Å². The van der Waals surface area contributed by atoms with Gasteiger partial charge in [-0.1, -0.05) is 6.92 Å². The Morgan fingerprint density at radius 3 is 2.60 bits per heavy atom. The Hall–Kier alpha value is -2.29. The first kappa shape index (κ1) is 25.8. The maximum Gasteiger partial charge on any atom is 0.149 e. The van der Waals surface area contributed by atoms with E-state index in [9.17, 15) is 4.39 Å². The molecule has 3 N–H and O–H groups in total. The predicted octanol–water partition coefficient (Wildman–Crippen LogP) is 4.86. The largest absolute Gasteiger partial charge is 0.383 e. The van der Waals surface area contributed by atoms with Gasteiger partial charge in [-0.2, -0.15) is 0 Å². The van der Waals surface area contributed by atoms with Gasteiger partial charge in [-0.25, -0.2) is 9.37 Å². The van der Waals surface area contributed by atoms with E-state index >= 15 is 0 Å². The number of ether oxygens (including phenoxy) is 2. The summed E-state index contributed by atoms with van der Waals surface area (Å²) in [7, 11) is 1.74. The lowest BCUT2D eigenvalue weighted by atomic mass is 9.82. The van der Waals surface area contributed by atoms with Crippen LogP contribution in [-0.2, 0) is 9.47 Å². The molecule has 2 aromatic heterocycles. The molecule has 35 heavy (non-hydrogen) atoms. The number of anilines is 2. The minimum absolute atomic E-state index is 0.198. The number of methoxy groups -OCH3 is 1. The van der Waals surface area contributed by atoms with E-state index < -0.39 is 0 Å². The lowest BCUT2D eigenvalue weighted by molar-refractivity contribution is 0.0300. The van der Waals surface area contributed by atoms with Crippen molar-refractivity contribution in [2.45, 2.75) is 70.5 Å². The molecule has 0 aromatic carbocycles. The van der Waals surface area contributed by atoms with Crippen LogP contribution in [0.5, 0.6) is 0 Å².